The van der Waals surface area contributed by atoms with E-state index in [9.17, 15) is 4.79 Å². The van der Waals surface area contributed by atoms with Gasteiger partial charge in [-0.3, -0.25) is 0 Å². The molecule has 0 fully saturated rings. The van der Waals surface area contributed by atoms with Crippen molar-refractivity contribution in [3.8, 4) is 0 Å². The number of nitrogens with zero attached hydrogens (tertiary/aromatic N) is 2. The summed E-state index contributed by atoms with van der Waals surface area (Å²) in [6.45, 7) is 3.62. The second kappa shape index (κ2) is 12.4. The van der Waals surface area contributed by atoms with E-state index in [4.69, 9.17) is 11.5 Å². The Morgan fingerprint density at radius 1 is 1.17 bits per heavy atom. The van der Waals surface area contributed by atoms with Gasteiger partial charge in [0.2, 0.25) is 0 Å². The molecule has 0 aliphatic carbocycles. The number of aryl methyl sites for hydroxylation is 1. The third kappa shape index (κ3) is 7.12. The molecule has 5 nitrogen and oxygen atoms in total. The van der Waals surface area contributed by atoms with Crippen LogP contribution in [0.4, 0.5) is 10.6 Å². The normalized spacial score (nSPS) is 13.0. The van der Waals surface area contributed by atoms with E-state index in [1.54, 1.807) is 0 Å². The minimum Gasteiger partial charge on any atom is -0.147 e. The Morgan fingerprint density at radius 3 is 2.55 bits per heavy atom. The molecule has 1 aliphatic heterocycles. The smallest absolute Gasteiger partial charge is 0.147 e. The van der Waals surface area contributed by atoms with Crippen molar-refractivity contribution >= 4 is 55.7 Å². The summed E-state index contributed by atoms with van der Waals surface area (Å²) < 4.78 is 2.27. The second-order valence-corrected chi connectivity index (χ2v) is 15.3. The summed E-state index contributed by atoms with van der Waals surface area (Å²) in [5, 5.41) is 0. The number of anilines is 1. The Morgan fingerprint density at radius 2 is 1.90 bits per heavy atom. The van der Waals surface area contributed by atoms with Crippen molar-refractivity contribution in [1.29, 1.82) is 0 Å². The molecule has 2 aromatic rings. The van der Waals surface area contributed by atoms with E-state index in [0.29, 0.717) is 5.82 Å². The number of aromatic nitrogens is 1. The van der Waals surface area contributed by atoms with Crippen LogP contribution in [0, 0.1) is 6.92 Å². The summed E-state index contributed by atoms with van der Waals surface area (Å²) in [7, 11) is 0. The average molecular weight is 539 g/mol. The fourth-order valence-corrected chi connectivity index (χ4v) is 11.2. The van der Waals surface area contributed by atoms with E-state index in [1.807, 2.05) is 25.1 Å². The number of nitrogens with two attached hydrogens (primary N) is 2. The molecule has 0 bridgehead atoms. The van der Waals surface area contributed by atoms with Crippen LogP contribution >= 0.6 is 24.8 Å². The van der Waals surface area contributed by atoms with Crippen LogP contribution in [0.2, 0.25) is 4.18 Å². The summed E-state index contributed by atoms with van der Waals surface area (Å²) in [5.74, 6) is 0.540. The maximum absolute atomic E-state index is 12.1. The third-order valence-corrected chi connectivity index (χ3v) is 13.7. The molecule has 3 rings (SSSR count). The number of hydrogen-bond donors (Lipinski definition) is 2. The molecule has 0 saturated carbocycles. The minimum atomic E-state index is -2.59. The Labute approximate surface area is 193 Å². The van der Waals surface area contributed by atoms with E-state index in [2.05, 4.69) is 40.2 Å². The van der Waals surface area contributed by atoms with Gasteiger partial charge in [-0.25, -0.2) is 0 Å². The molecular formula is C21H29Cl2InN4O. The second-order valence-electron chi connectivity index (χ2n) is 7.15. The molecule has 1 aromatic carbocycles. The van der Waals surface area contributed by atoms with Gasteiger partial charge in [-0.05, 0) is 0 Å². The first-order chi connectivity index (χ1) is 13.0. The number of primary amides is 1. The Hall–Kier alpha value is -1.37. The van der Waals surface area contributed by atoms with Crippen LogP contribution in [0.3, 0.4) is 0 Å². The van der Waals surface area contributed by atoms with Gasteiger partial charge < -0.3 is 0 Å². The van der Waals surface area contributed by atoms with Crippen molar-refractivity contribution in [1.82, 2.24) is 9.88 Å². The Kier molecular flexibility index (Phi) is 10.9. The molecule has 1 aromatic heterocycles. The first-order valence-electron chi connectivity index (χ1n) is 9.55. The maximum atomic E-state index is 12.1. The number of benzene rings is 1. The molecule has 29 heavy (non-hydrogen) atoms. The van der Waals surface area contributed by atoms with Gasteiger partial charge >= 0.3 is 169 Å². The van der Waals surface area contributed by atoms with Crippen LogP contribution in [-0.2, 0) is 13.0 Å². The van der Waals surface area contributed by atoms with E-state index in [-0.39, 0.29) is 28.5 Å². The Balaban J connectivity index is 0.00000210. The molecule has 4 N–H and O–H groups in total. The molecule has 2 heterocycles. The van der Waals surface area contributed by atoms with Crippen LogP contribution in [-0.4, -0.2) is 41.5 Å². The molecular weight excluding hydrogens is 510 g/mol. The zero-order valence-corrected chi connectivity index (χ0v) is 21.6. The van der Waals surface area contributed by atoms with Gasteiger partial charge in [-0.15, -0.1) is 24.8 Å². The van der Waals surface area contributed by atoms with Crippen molar-refractivity contribution < 1.29 is 4.79 Å². The largest absolute Gasteiger partial charge is 0.147 e. The molecule has 1 aliphatic rings. The van der Waals surface area contributed by atoms with Gasteiger partial charge in [0.05, 0.1) is 0 Å². The number of carbonyl (C=O) groups is 1. The first-order valence-corrected chi connectivity index (χ1v) is 15.2. The van der Waals surface area contributed by atoms with Crippen LogP contribution in [0.15, 0.2) is 52.0 Å². The van der Waals surface area contributed by atoms with Crippen molar-refractivity contribution in [2.75, 3.05) is 12.3 Å². The SMILES string of the molecule is Cc1nc(N)ccc1CN(CCc1ccccc1)[C]1=CCC[CH2][In]1[C](N)=O.Cl.Cl. The standard InChI is InChI=1S/C20H25N3.CH2NO.2ClH.In/c1-3-4-8-14-23(15-13-18-9-6-5-7-10-18)16-19-11-12-20(21)22-17(19)2;2-1-3;;;/h5-12H,1,3-4,13,15-16H2,2H3,(H2,21,22);(H2,2,3);2*1H;. The van der Waals surface area contributed by atoms with Crippen molar-refractivity contribution in [3.63, 3.8) is 0 Å². The topological polar surface area (TPSA) is 85.2 Å². The molecule has 1 amide bonds. The molecule has 0 saturated heterocycles. The molecule has 0 atom stereocenters. The number of pyridine rings is 1. The molecule has 156 valence electrons. The van der Waals surface area contributed by atoms with Crippen LogP contribution in [0.1, 0.15) is 29.7 Å². The number of halogens is 2. The summed E-state index contributed by atoms with van der Waals surface area (Å²) in [6.07, 6.45) is 5.36. The first kappa shape index (κ1) is 25.7. The number of allylic oxidation sites excluding steroid dienone is 1. The monoisotopic (exact) mass is 538 g/mol. The van der Waals surface area contributed by atoms with E-state index < -0.39 is 21.4 Å². The van der Waals surface area contributed by atoms with Gasteiger partial charge in [0.25, 0.3) is 0 Å². The van der Waals surface area contributed by atoms with Gasteiger partial charge in [0.15, 0.2) is 0 Å². The predicted molar refractivity (Wildman–Crippen MR) is 126 cm³/mol. The fourth-order valence-electron chi connectivity index (χ4n) is 3.69. The number of rotatable bonds is 7. The Bertz CT molecular complexity index is 833. The molecule has 0 spiro atoms. The summed E-state index contributed by atoms with van der Waals surface area (Å²) >= 11 is -2.59. The van der Waals surface area contributed by atoms with Gasteiger partial charge in [0, 0.05) is 0 Å². The molecule has 0 unspecified atom stereocenters. The summed E-state index contributed by atoms with van der Waals surface area (Å²) in [6, 6.07) is 14.4. The van der Waals surface area contributed by atoms with Crippen LogP contribution in [0.25, 0.3) is 0 Å². The third-order valence-electron chi connectivity index (χ3n) is 5.21. The summed E-state index contributed by atoms with van der Waals surface area (Å²) in [4.78, 5) is 18.9. The van der Waals surface area contributed by atoms with Crippen molar-refractivity contribution in [3.05, 3.63) is 68.8 Å². The zero-order chi connectivity index (χ0) is 19.2. The van der Waals surface area contributed by atoms with Gasteiger partial charge in [0.1, 0.15) is 0 Å². The van der Waals surface area contributed by atoms with Crippen LogP contribution < -0.4 is 11.5 Å². The minimum absolute atomic E-state index is 0. The summed E-state index contributed by atoms with van der Waals surface area (Å²) in [5.41, 5.74) is 15.0. The predicted octanol–water partition coefficient (Wildman–Crippen LogP) is 4.23. The van der Waals surface area contributed by atoms with E-state index in [0.717, 1.165) is 47.8 Å². The van der Waals surface area contributed by atoms with E-state index >= 15 is 0 Å². The van der Waals surface area contributed by atoms with Gasteiger partial charge in [-0.1, -0.05) is 0 Å². The zero-order valence-electron chi connectivity index (χ0n) is 16.7. The molecule has 0 radical (unpaired) electrons. The number of amides is 1. The van der Waals surface area contributed by atoms with Crippen molar-refractivity contribution in [2.24, 2.45) is 5.73 Å². The quantitative estimate of drug-likeness (QED) is 0.552. The average Bonchev–Trinajstić information content (AvgIpc) is 2.67. The van der Waals surface area contributed by atoms with Crippen molar-refractivity contribution in [2.45, 2.75) is 36.9 Å². The van der Waals surface area contributed by atoms with Crippen LogP contribution in [0.5, 0.6) is 0 Å². The maximum Gasteiger partial charge on any atom is -0.147 e. The fraction of sp³-hybridized carbons (Fsp3) is 0.333. The molecule has 8 heteroatoms. The number of carbonyl (C=O) groups excluding carboxylic acids is 1. The number of hydrogen-bond acceptors (Lipinski definition) is 4. The van der Waals surface area contributed by atoms with Gasteiger partial charge in [-0.2, -0.15) is 0 Å². The number of nitrogen functional groups attached to an aromatic ring is 1. The van der Waals surface area contributed by atoms with E-state index in [1.165, 1.54) is 9.02 Å².